The number of nitrogens with zero attached hydrogens (tertiary/aromatic N) is 1. The lowest BCUT2D eigenvalue weighted by Gasteiger charge is -2.14. The maximum atomic E-state index is 11.0. The summed E-state index contributed by atoms with van der Waals surface area (Å²) in [6.45, 7) is 1.95. The van der Waals surface area contributed by atoms with Crippen molar-refractivity contribution in [3.05, 3.63) is 23.8 Å². The predicted molar refractivity (Wildman–Crippen MR) is 67.6 cm³/mol. The first-order chi connectivity index (χ1) is 7.52. The first-order valence-corrected chi connectivity index (χ1v) is 6.62. The van der Waals surface area contributed by atoms with Gasteiger partial charge in [-0.05, 0) is 25.1 Å². The number of nitriles is 1. The highest BCUT2D eigenvalue weighted by atomic mass is 32.2. The molecule has 16 heavy (non-hydrogen) atoms. The predicted octanol–water partition coefficient (Wildman–Crippen LogP) is 1.32. The van der Waals surface area contributed by atoms with Gasteiger partial charge in [-0.1, -0.05) is 0 Å². The van der Waals surface area contributed by atoms with Crippen LogP contribution in [0.3, 0.4) is 0 Å². The summed E-state index contributed by atoms with van der Waals surface area (Å²) in [4.78, 5) is 0. The van der Waals surface area contributed by atoms with Crippen LogP contribution in [0.4, 0.5) is 11.4 Å². The Morgan fingerprint density at radius 1 is 1.62 bits per heavy atom. The molecule has 0 bridgehead atoms. The molecule has 0 fully saturated rings. The third-order valence-electron chi connectivity index (χ3n) is 2.07. The summed E-state index contributed by atoms with van der Waals surface area (Å²) in [7, 11) is -0.827. The molecule has 3 N–H and O–H groups in total. The number of anilines is 2. The molecule has 0 radical (unpaired) electrons. The molecule has 1 aromatic rings. The van der Waals surface area contributed by atoms with Gasteiger partial charge in [0, 0.05) is 34.5 Å². The minimum Gasteiger partial charge on any atom is -0.398 e. The van der Waals surface area contributed by atoms with E-state index in [1.165, 1.54) is 0 Å². The minimum atomic E-state index is -0.827. The van der Waals surface area contributed by atoms with Crippen molar-refractivity contribution in [3.8, 4) is 6.07 Å². The normalized spacial score (nSPS) is 13.8. The molecule has 0 heterocycles. The van der Waals surface area contributed by atoms with E-state index in [1.54, 1.807) is 24.5 Å². The summed E-state index contributed by atoms with van der Waals surface area (Å²) in [5, 5.41) is 11.9. The van der Waals surface area contributed by atoms with Crippen molar-refractivity contribution in [2.24, 2.45) is 0 Å². The number of nitrogens with two attached hydrogens (primary N) is 1. The van der Waals surface area contributed by atoms with E-state index in [0.29, 0.717) is 17.0 Å². The highest BCUT2D eigenvalue weighted by molar-refractivity contribution is 7.84. The van der Waals surface area contributed by atoms with Crippen LogP contribution in [0.15, 0.2) is 18.2 Å². The van der Waals surface area contributed by atoms with Crippen molar-refractivity contribution in [3.63, 3.8) is 0 Å². The fraction of sp³-hybridized carbons (Fsp3) is 0.364. The Balaban J connectivity index is 2.72. The molecule has 1 aromatic carbocycles. The molecule has 0 aliphatic rings. The Hall–Kier alpha value is -1.54. The summed E-state index contributed by atoms with van der Waals surface area (Å²) in [5.41, 5.74) is 7.45. The zero-order chi connectivity index (χ0) is 12.1. The van der Waals surface area contributed by atoms with E-state index < -0.39 is 10.8 Å². The molecule has 2 unspecified atom stereocenters. The van der Waals surface area contributed by atoms with E-state index >= 15 is 0 Å². The molecule has 5 heteroatoms. The molecular weight excluding hydrogens is 222 g/mol. The zero-order valence-electron chi connectivity index (χ0n) is 9.36. The maximum absolute atomic E-state index is 11.0. The van der Waals surface area contributed by atoms with Crippen LogP contribution in [0.25, 0.3) is 0 Å². The molecule has 0 spiro atoms. The largest absolute Gasteiger partial charge is 0.398 e. The van der Waals surface area contributed by atoms with E-state index in [9.17, 15) is 4.21 Å². The molecule has 0 saturated carbocycles. The number of nitrogen functional groups attached to an aromatic ring is 1. The van der Waals surface area contributed by atoms with Crippen molar-refractivity contribution >= 4 is 22.2 Å². The van der Waals surface area contributed by atoms with Gasteiger partial charge in [-0.15, -0.1) is 0 Å². The van der Waals surface area contributed by atoms with Crippen LogP contribution >= 0.6 is 0 Å². The van der Waals surface area contributed by atoms with Crippen LogP contribution in [0.5, 0.6) is 0 Å². The summed E-state index contributed by atoms with van der Waals surface area (Å²) in [5.74, 6) is 0.583. The Kier molecular flexibility index (Phi) is 4.32. The van der Waals surface area contributed by atoms with Gasteiger partial charge in [0.25, 0.3) is 0 Å². The number of nitrogens with one attached hydrogen (secondary N) is 1. The molecular formula is C11H15N3OS. The summed E-state index contributed by atoms with van der Waals surface area (Å²) in [6.07, 6.45) is 1.67. The van der Waals surface area contributed by atoms with Gasteiger partial charge in [0.2, 0.25) is 0 Å². The average Bonchev–Trinajstić information content (AvgIpc) is 2.16. The number of hydrogen-bond donors (Lipinski definition) is 2. The first-order valence-electron chi connectivity index (χ1n) is 4.89. The lowest BCUT2D eigenvalue weighted by Crippen LogP contribution is -2.22. The average molecular weight is 237 g/mol. The second kappa shape index (κ2) is 5.52. The van der Waals surface area contributed by atoms with Gasteiger partial charge < -0.3 is 11.1 Å². The third-order valence-corrected chi connectivity index (χ3v) is 3.04. The molecule has 0 amide bonds. The molecule has 0 aliphatic heterocycles. The summed E-state index contributed by atoms with van der Waals surface area (Å²) >= 11 is 0. The highest BCUT2D eigenvalue weighted by Crippen LogP contribution is 2.17. The highest BCUT2D eigenvalue weighted by Gasteiger charge is 2.05. The Morgan fingerprint density at radius 3 is 2.81 bits per heavy atom. The first kappa shape index (κ1) is 12.5. The van der Waals surface area contributed by atoms with E-state index in [1.807, 2.05) is 13.0 Å². The van der Waals surface area contributed by atoms with E-state index in [0.717, 1.165) is 5.69 Å². The second-order valence-electron chi connectivity index (χ2n) is 3.70. The van der Waals surface area contributed by atoms with Crippen molar-refractivity contribution in [2.45, 2.75) is 13.0 Å². The Bertz CT molecular complexity index is 439. The van der Waals surface area contributed by atoms with Crippen LogP contribution < -0.4 is 11.1 Å². The summed E-state index contributed by atoms with van der Waals surface area (Å²) in [6, 6.07) is 7.30. The van der Waals surface area contributed by atoms with Gasteiger partial charge in [0.15, 0.2) is 0 Å². The van der Waals surface area contributed by atoms with Gasteiger partial charge >= 0.3 is 0 Å². The fourth-order valence-corrected chi connectivity index (χ4v) is 2.22. The molecule has 1 rings (SSSR count). The van der Waals surface area contributed by atoms with Crippen LogP contribution in [0.2, 0.25) is 0 Å². The topological polar surface area (TPSA) is 78.9 Å². The lowest BCUT2D eigenvalue weighted by atomic mass is 10.1. The molecule has 2 atom stereocenters. The second-order valence-corrected chi connectivity index (χ2v) is 5.18. The van der Waals surface area contributed by atoms with Crippen molar-refractivity contribution < 1.29 is 4.21 Å². The third kappa shape index (κ3) is 3.55. The van der Waals surface area contributed by atoms with Crippen LogP contribution in [-0.2, 0) is 10.8 Å². The van der Waals surface area contributed by atoms with Crippen molar-refractivity contribution in [1.82, 2.24) is 0 Å². The quantitative estimate of drug-likeness (QED) is 0.774. The van der Waals surface area contributed by atoms with Gasteiger partial charge in [0.1, 0.15) is 6.07 Å². The van der Waals surface area contributed by atoms with Gasteiger partial charge in [-0.2, -0.15) is 5.26 Å². The number of hydrogen-bond acceptors (Lipinski definition) is 4. The van der Waals surface area contributed by atoms with Crippen LogP contribution in [0, 0.1) is 11.3 Å². The number of rotatable bonds is 4. The number of benzene rings is 1. The molecule has 0 saturated heterocycles. The van der Waals surface area contributed by atoms with Crippen LogP contribution in [-0.4, -0.2) is 22.3 Å². The summed E-state index contributed by atoms with van der Waals surface area (Å²) < 4.78 is 11.0. The van der Waals surface area contributed by atoms with Crippen molar-refractivity contribution in [1.29, 1.82) is 5.26 Å². The standard InChI is InChI=1S/C11H15N3OS/c1-8(7-16(2)15)14-10-4-3-9(6-12)11(13)5-10/h3-5,8,14H,7,13H2,1-2H3. The van der Waals surface area contributed by atoms with E-state index in [4.69, 9.17) is 11.0 Å². The van der Waals surface area contributed by atoms with E-state index in [2.05, 4.69) is 5.32 Å². The molecule has 0 aliphatic carbocycles. The maximum Gasteiger partial charge on any atom is 0.101 e. The minimum absolute atomic E-state index is 0.109. The Morgan fingerprint density at radius 2 is 2.31 bits per heavy atom. The lowest BCUT2D eigenvalue weighted by molar-refractivity contribution is 0.683. The fourth-order valence-electron chi connectivity index (χ4n) is 1.43. The molecule has 0 aromatic heterocycles. The SMILES string of the molecule is CC(CS(C)=O)Nc1ccc(C#N)c(N)c1. The Labute approximate surface area is 97.9 Å². The molecule has 4 nitrogen and oxygen atoms in total. The van der Waals surface area contributed by atoms with Crippen molar-refractivity contribution in [2.75, 3.05) is 23.1 Å². The van der Waals surface area contributed by atoms with Gasteiger partial charge in [0.05, 0.1) is 11.3 Å². The van der Waals surface area contributed by atoms with Crippen LogP contribution in [0.1, 0.15) is 12.5 Å². The molecule has 86 valence electrons. The zero-order valence-corrected chi connectivity index (χ0v) is 10.2. The smallest absolute Gasteiger partial charge is 0.101 e. The van der Waals surface area contributed by atoms with Gasteiger partial charge in [-0.25, -0.2) is 0 Å². The monoisotopic (exact) mass is 237 g/mol. The van der Waals surface area contributed by atoms with E-state index in [-0.39, 0.29) is 6.04 Å². The van der Waals surface area contributed by atoms with Gasteiger partial charge in [-0.3, -0.25) is 4.21 Å².